The molecule has 1 aromatic carbocycles. The number of anilines is 1. The fraction of sp³-hybridized carbons (Fsp3) is 0.0526. The van der Waals surface area contributed by atoms with E-state index in [2.05, 4.69) is 15.1 Å². The predicted molar refractivity (Wildman–Crippen MR) is 98.0 cm³/mol. The molecule has 146 valence electrons. The number of rotatable bonds is 3. The Labute approximate surface area is 161 Å². The van der Waals surface area contributed by atoms with E-state index in [-0.39, 0.29) is 16.8 Å². The molecule has 0 aliphatic heterocycles. The van der Waals surface area contributed by atoms with Crippen molar-refractivity contribution in [2.45, 2.75) is 6.18 Å². The average molecular weight is 399 g/mol. The van der Waals surface area contributed by atoms with Crippen LogP contribution in [0.3, 0.4) is 0 Å². The van der Waals surface area contributed by atoms with Gasteiger partial charge in [-0.2, -0.15) is 18.3 Å². The number of pyridine rings is 1. The molecule has 0 bridgehead atoms. The largest absolute Gasteiger partial charge is 0.478 e. The monoisotopic (exact) mass is 399 g/mol. The number of nitrogen functional groups attached to an aromatic ring is 1. The Bertz CT molecular complexity index is 1230. The number of carboxylic acids is 1. The number of aromatic nitrogens is 4. The van der Waals surface area contributed by atoms with Crippen LogP contribution in [0, 0.1) is 0 Å². The second-order valence-electron chi connectivity index (χ2n) is 6.17. The molecule has 0 amide bonds. The number of alkyl halides is 3. The number of benzene rings is 1. The highest BCUT2D eigenvalue weighted by atomic mass is 19.4. The van der Waals surface area contributed by atoms with Gasteiger partial charge in [0.05, 0.1) is 28.7 Å². The Morgan fingerprint density at radius 1 is 1.00 bits per heavy atom. The van der Waals surface area contributed by atoms with Gasteiger partial charge in [0.1, 0.15) is 5.82 Å². The van der Waals surface area contributed by atoms with Gasteiger partial charge in [-0.05, 0) is 30.3 Å². The summed E-state index contributed by atoms with van der Waals surface area (Å²) in [6.07, 6.45) is -1.87. The van der Waals surface area contributed by atoms with Gasteiger partial charge in [0.2, 0.25) is 0 Å². The van der Waals surface area contributed by atoms with E-state index in [0.29, 0.717) is 16.9 Å². The van der Waals surface area contributed by atoms with Gasteiger partial charge in [-0.15, -0.1) is 0 Å². The second kappa shape index (κ2) is 6.59. The third kappa shape index (κ3) is 3.35. The van der Waals surface area contributed by atoms with E-state index >= 15 is 0 Å². The number of carbonyl (C=O) groups is 1. The summed E-state index contributed by atoms with van der Waals surface area (Å²) >= 11 is 0. The number of hydrogen-bond acceptors (Lipinski definition) is 5. The SMILES string of the molecule is Nc1ncc(-c2ccc3ncc(-c4ccc(C(=O)O)cc4)n3n2)cc1C(F)(F)F. The van der Waals surface area contributed by atoms with Crippen molar-refractivity contribution in [2.24, 2.45) is 0 Å². The molecule has 0 saturated carbocycles. The minimum absolute atomic E-state index is 0.129. The van der Waals surface area contributed by atoms with E-state index in [0.717, 1.165) is 6.07 Å². The van der Waals surface area contributed by atoms with Gasteiger partial charge in [0.25, 0.3) is 0 Å². The summed E-state index contributed by atoms with van der Waals surface area (Å²) in [6, 6.07) is 10.1. The highest BCUT2D eigenvalue weighted by molar-refractivity contribution is 5.88. The van der Waals surface area contributed by atoms with Crippen LogP contribution >= 0.6 is 0 Å². The Morgan fingerprint density at radius 3 is 2.38 bits per heavy atom. The third-order valence-electron chi connectivity index (χ3n) is 4.31. The van der Waals surface area contributed by atoms with Gasteiger partial charge >= 0.3 is 12.1 Å². The van der Waals surface area contributed by atoms with Crippen molar-refractivity contribution in [3.05, 3.63) is 66.0 Å². The fourth-order valence-corrected chi connectivity index (χ4v) is 2.85. The first-order valence-corrected chi connectivity index (χ1v) is 8.25. The van der Waals surface area contributed by atoms with Crippen LogP contribution in [0.1, 0.15) is 15.9 Å². The van der Waals surface area contributed by atoms with E-state index in [1.54, 1.807) is 24.4 Å². The Balaban J connectivity index is 1.81. The maximum Gasteiger partial charge on any atom is 0.419 e. The molecule has 0 spiro atoms. The van der Waals surface area contributed by atoms with Crippen LogP contribution in [0.4, 0.5) is 19.0 Å². The molecule has 0 radical (unpaired) electrons. The maximum absolute atomic E-state index is 13.1. The first-order chi connectivity index (χ1) is 13.7. The zero-order valence-corrected chi connectivity index (χ0v) is 14.6. The molecule has 0 unspecified atom stereocenters. The molecular formula is C19H12F3N5O2. The van der Waals surface area contributed by atoms with Crippen LogP contribution < -0.4 is 5.73 Å². The summed E-state index contributed by atoms with van der Waals surface area (Å²) in [5, 5.41) is 13.4. The first-order valence-electron chi connectivity index (χ1n) is 8.25. The highest BCUT2D eigenvalue weighted by Crippen LogP contribution is 2.34. The molecule has 0 saturated heterocycles. The lowest BCUT2D eigenvalue weighted by Crippen LogP contribution is -2.10. The van der Waals surface area contributed by atoms with E-state index in [9.17, 15) is 18.0 Å². The lowest BCUT2D eigenvalue weighted by molar-refractivity contribution is -0.137. The van der Waals surface area contributed by atoms with E-state index in [1.807, 2.05) is 0 Å². The normalized spacial score (nSPS) is 11.7. The van der Waals surface area contributed by atoms with Crippen LogP contribution in [0.25, 0.3) is 28.2 Å². The maximum atomic E-state index is 13.1. The standard InChI is InChI=1S/C19H12F3N5O2/c20-19(21,22)13-7-12(8-25-17(13)23)14-5-6-16-24-9-15(27(16)26-14)10-1-3-11(4-2-10)18(28)29/h1-9H,(H2,23,25)(H,28,29). The van der Waals surface area contributed by atoms with Crippen molar-refractivity contribution < 1.29 is 23.1 Å². The zero-order valence-electron chi connectivity index (χ0n) is 14.6. The number of fused-ring (bicyclic) bond motifs is 1. The minimum atomic E-state index is -4.64. The predicted octanol–water partition coefficient (Wildman–Crippen LogP) is 3.76. The number of carboxylic acid groups (broad SMARTS) is 1. The number of imidazole rings is 1. The molecule has 3 N–H and O–H groups in total. The number of aromatic carboxylic acids is 1. The molecule has 0 aliphatic carbocycles. The molecular weight excluding hydrogens is 387 g/mol. The molecule has 0 fully saturated rings. The van der Waals surface area contributed by atoms with Gasteiger partial charge in [0.15, 0.2) is 5.65 Å². The lowest BCUT2D eigenvalue weighted by Gasteiger charge is -2.11. The van der Waals surface area contributed by atoms with Crippen molar-refractivity contribution >= 4 is 17.4 Å². The average Bonchev–Trinajstić information content (AvgIpc) is 3.10. The van der Waals surface area contributed by atoms with E-state index in [4.69, 9.17) is 10.8 Å². The molecule has 4 aromatic rings. The van der Waals surface area contributed by atoms with Gasteiger partial charge in [-0.1, -0.05) is 12.1 Å². The van der Waals surface area contributed by atoms with Crippen LogP contribution in [-0.2, 0) is 6.18 Å². The van der Waals surface area contributed by atoms with Crippen molar-refractivity contribution in [2.75, 3.05) is 5.73 Å². The molecule has 4 rings (SSSR count). The minimum Gasteiger partial charge on any atom is -0.478 e. The smallest absolute Gasteiger partial charge is 0.419 e. The number of nitrogens with two attached hydrogens (primary N) is 1. The quantitative estimate of drug-likeness (QED) is 0.543. The van der Waals surface area contributed by atoms with Crippen molar-refractivity contribution in [3.63, 3.8) is 0 Å². The number of halogens is 3. The van der Waals surface area contributed by atoms with Crippen LogP contribution in [0.15, 0.2) is 54.9 Å². The molecule has 7 nitrogen and oxygen atoms in total. The third-order valence-corrected chi connectivity index (χ3v) is 4.31. The summed E-state index contributed by atoms with van der Waals surface area (Å²) in [6.45, 7) is 0. The van der Waals surface area contributed by atoms with Gasteiger partial charge in [0, 0.05) is 17.3 Å². The Morgan fingerprint density at radius 2 is 1.72 bits per heavy atom. The number of nitrogens with zero attached hydrogens (tertiary/aromatic N) is 4. The molecule has 29 heavy (non-hydrogen) atoms. The van der Waals surface area contributed by atoms with Crippen LogP contribution in [0.2, 0.25) is 0 Å². The summed E-state index contributed by atoms with van der Waals surface area (Å²) in [5.74, 6) is -1.66. The second-order valence-corrected chi connectivity index (χ2v) is 6.17. The summed E-state index contributed by atoms with van der Waals surface area (Å²) in [4.78, 5) is 18.9. The zero-order chi connectivity index (χ0) is 20.8. The van der Waals surface area contributed by atoms with Crippen molar-refractivity contribution in [1.82, 2.24) is 19.6 Å². The number of hydrogen-bond donors (Lipinski definition) is 2. The molecule has 3 aromatic heterocycles. The summed E-state index contributed by atoms with van der Waals surface area (Å²) in [7, 11) is 0. The van der Waals surface area contributed by atoms with Crippen LogP contribution in [-0.4, -0.2) is 30.7 Å². The van der Waals surface area contributed by atoms with E-state index < -0.39 is 23.5 Å². The van der Waals surface area contributed by atoms with Gasteiger partial charge in [-0.3, -0.25) is 0 Å². The Kier molecular flexibility index (Phi) is 4.18. The molecule has 0 atom stereocenters. The van der Waals surface area contributed by atoms with Crippen molar-refractivity contribution in [1.29, 1.82) is 0 Å². The fourth-order valence-electron chi connectivity index (χ4n) is 2.85. The van der Waals surface area contributed by atoms with Crippen LogP contribution in [0.5, 0.6) is 0 Å². The lowest BCUT2D eigenvalue weighted by atomic mass is 10.1. The topological polar surface area (TPSA) is 106 Å². The van der Waals surface area contributed by atoms with Gasteiger partial charge < -0.3 is 10.8 Å². The molecule has 10 heteroatoms. The first kappa shape index (κ1) is 18.4. The van der Waals surface area contributed by atoms with Crippen molar-refractivity contribution in [3.8, 4) is 22.5 Å². The Hall–Kier alpha value is -3.95. The molecule has 3 heterocycles. The highest BCUT2D eigenvalue weighted by Gasteiger charge is 2.34. The van der Waals surface area contributed by atoms with E-state index in [1.165, 1.54) is 28.9 Å². The summed E-state index contributed by atoms with van der Waals surface area (Å²) in [5.41, 5.74) is 6.52. The summed E-state index contributed by atoms with van der Waals surface area (Å²) < 4.78 is 40.8. The van der Waals surface area contributed by atoms with Gasteiger partial charge in [-0.25, -0.2) is 19.3 Å². The molecule has 0 aliphatic rings.